The number of pyridine rings is 1. The van der Waals surface area contributed by atoms with Crippen molar-refractivity contribution in [1.82, 2.24) is 4.98 Å². The van der Waals surface area contributed by atoms with Crippen LogP contribution in [-0.4, -0.2) is 18.1 Å². The highest BCUT2D eigenvalue weighted by Crippen LogP contribution is 2.28. The first-order valence-electron chi connectivity index (χ1n) is 6.59. The van der Waals surface area contributed by atoms with Gasteiger partial charge in [-0.05, 0) is 30.0 Å². The van der Waals surface area contributed by atoms with Crippen LogP contribution in [0.4, 0.5) is 5.82 Å². The van der Waals surface area contributed by atoms with Crippen molar-refractivity contribution in [3.05, 3.63) is 46.3 Å². The number of hydrogen-bond acceptors (Lipinski definition) is 5. The second kappa shape index (κ2) is 7.05. The third-order valence-corrected chi connectivity index (χ3v) is 3.97. The molecular weight excluding hydrogens is 272 g/mol. The van der Waals surface area contributed by atoms with Gasteiger partial charge in [0.1, 0.15) is 11.4 Å². The number of thiophene rings is 1. The number of anilines is 1. The zero-order valence-corrected chi connectivity index (χ0v) is 12.4. The summed E-state index contributed by atoms with van der Waals surface area (Å²) < 4.78 is 4.79. The number of carbonyl (C=O) groups excluding carboxylic acids is 1. The van der Waals surface area contributed by atoms with Crippen LogP contribution in [0.3, 0.4) is 0 Å². The molecule has 2 aromatic heterocycles. The van der Waals surface area contributed by atoms with Crippen LogP contribution in [0.15, 0.2) is 35.8 Å². The van der Waals surface area contributed by atoms with E-state index in [1.165, 1.54) is 12.0 Å². The molecule has 106 valence electrons. The summed E-state index contributed by atoms with van der Waals surface area (Å²) >= 11 is 1.70. The average molecular weight is 290 g/mol. The Balaban J connectivity index is 2.25. The minimum absolute atomic E-state index is 0.165. The van der Waals surface area contributed by atoms with Crippen molar-refractivity contribution in [2.24, 2.45) is 0 Å². The fourth-order valence-corrected chi connectivity index (χ4v) is 2.84. The SMILES string of the molecule is CCCC(Nc1ncccc1C(=O)OC)c1cccs1. The molecule has 0 aromatic carbocycles. The summed E-state index contributed by atoms with van der Waals surface area (Å²) in [4.78, 5) is 17.3. The maximum absolute atomic E-state index is 11.8. The number of carbonyl (C=O) groups is 1. The third kappa shape index (κ3) is 3.36. The first-order chi connectivity index (χ1) is 9.76. The van der Waals surface area contributed by atoms with Gasteiger partial charge < -0.3 is 10.1 Å². The summed E-state index contributed by atoms with van der Waals surface area (Å²) in [5.41, 5.74) is 0.465. The average Bonchev–Trinajstić information content (AvgIpc) is 3.00. The predicted octanol–water partition coefficient (Wildman–Crippen LogP) is 3.88. The Morgan fingerprint density at radius 1 is 1.45 bits per heavy atom. The molecule has 2 rings (SSSR count). The quantitative estimate of drug-likeness (QED) is 0.820. The van der Waals surface area contributed by atoms with Gasteiger partial charge in [-0.3, -0.25) is 0 Å². The highest BCUT2D eigenvalue weighted by Gasteiger charge is 2.17. The van der Waals surface area contributed by atoms with Crippen LogP contribution in [0.2, 0.25) is 0 Å². The number of nitrogens with zero attached hydrogens (tertiary/aromatic N) is 1. The van der Waals surface area contributed by atoms with Crippen LogP contribution in [0.25, 0.3) is 0 Å². The molecule has 4 nitrogen and oxygen atoms in total. The van der Waals surface area contributed by atoms with E-state index in [-0.39, 0.29) is 12.0 Å². The standard InChI is InChI=1S/C15H18N2O2S/c1-3-6-12(13-8-5-10-20-13)17-14-11(15(18)19-2)7-4-9-16-14/h4-5,7-10,12H,3,6H2,1-2H3,(H,16,17). The van der Waals surface area contributed by atoms with Crippen LogP contribution in [0.1, 0.15) is 41.0 Å². The predicted molar refractivity (Wildman–Crippen MR) is 81.2 cm³/mol. The van der Waals surface area contributed by atoms with E-state index >= 15 is 0 Å². The molecule has 0 aliphatic carbocycles. The van der Waals surface area contributed by atoms with E-state index in [1.54, 1.807) is 29.7 Å². The van der Waals surface area contributed by atoms with E-state index in [0.29, 0.717) is 11.4 Å². The van der Waals surface area contributed by atoms with Crippen molar-refractivity contribution in [2.75, 3.05) is 12.4 Å². The normalized spacial score (nSPS) is 11.9. The van der Waals surface area contributed by atoms with Crippen molar-refractivity contribution in [3.8, 4) is 0 Å². The van der Waals surface area contributed by atoms with E-state index in [2.05, 4.69) is 28.7 Å². The lowest BCUT2D eigenvalue weighted by Gasteiger charge is -2.18. The number of ether oxygens (including phenoxy) is 1. The second-order valence-corrected chi connectivity index (χ2v) is 5.37. The van der Waals surface area contributed by atoms with Gasteiger partial charge in [-0.25, -0.2) is 9.78 Å². The van der Waals surface area contributed by atoms with E-state index in [1.807, 2.05) is 6.07 Å². The number of rotatable bonds is 6. The maximum atomic E-state index is 11.8. The smallest absolute Gasteiger partial charge is 0.341 e. The van der Waals surface area contributed by atoms with Gasteiger partial charge in [0, 0.05) is 11.1 Å². The summed E-state index contributed by atoms with van der Waals surface area (Å²) in [7, 11) is 1.38. The lowest BCUT2D eigenvalue weighted by atomic mass is 10.1. The summed E-state index contributed by atoms with van der Waals surface area (Å²) in [6.07, 6.45) is 3.71. The molecule has 0 aliphatic heterocycles. The number of nitrogens with one attached hydrogen (secondary N) is 1. The van der Waals surface area contributed by atoms with Gasteiger partial charge >= 0.3 is 5.97 Å². The molecule has 2 heterocycles. The van der Waals surface area contributed by atoms with Gasteiger partial charge in [0.15, 0.2) is 0 Å². The number of hydrogen-bond donors (Lipinski definition) is 1. The largest absolute Gasteiger partial charge is 0.465 e. The Morgan fingerprint density at radius 3 is 2.95 bits per heavy atom. The lowest BCUT2D eigenvalue weighted by Crippen LogP contribution is -2.14. The van der Waals surface area contributed by atoms with Gasteiger partial charge in [-0.1, -0.05) is 19.4 Å². The molecule has 1 unspecified atom stereocenters. The molecule has 0 saturated heterocycles. The monoisotopic (exact) mass is 290 g/mol. The maximum Gasteiger partial charge on any atom is 0.341 e. The summed E-state index contributed by atoms with van der Waals surface area (Å²) in [6, 6.07) is 7.75. The number of aromatic nitrogens is 1. The molecule has 0 spiro atoms. The molecule has 0 radical (unpaired) electrons. The van der Waals surface area contributed by atoms with Crippen molar-refractivity contribution in [3.63, 3.8) is 0 Å². The molecule has 0 fully saturated rings. The van der Waals surface area contributed by atoms with Crippen LogP contribution in [0, 0.1) is 0 Å². The zero-order chi connectivity index (χ0) is 14.4. The van der Waals surface area contributed by atoms with Gasteiger partial charge in [-0.2, -0.15) is 0 Å². The van der Waals surface area contributed by atoms with Crippen molar-refractivity contribution in [2.45, 2.75) is 25.8 Å². The fraction of sp³-hybridized carbons (Fsp3) is 0.333. The van der Waals surface area contributed by atoms with Gasteiger partial charge in [0.05, 0.1) is 13.2 Å². The molecule has 1 atom stereocenters. The number of methoxy groups -OCH3 is 1. The first kappa shape index (κ1) is 14.5. The van der Waals surface area contributed by atoms with Gasteiger partial charge in [0.25, 0.3) is 0 Å². The molecule has 0 amide bonds. The summed E-state index contributed by atoms with van der Waals surface area (Å²) in [5, 5.41) is 5.42. The molecular formula is C15H18N2O2S. The Kier molecular flexibility index (Phi) is 5.12. The Bertz CT molecular complexity index is 555. The molecule has 0 bridgehead atoms. The zero-order valence-electron chi connectivity index (χ0n) is 11.6. The van der Waals surface area contributed by atoms with Crippen LogP contribution >= 0.6 is 11.3 Å². The van der Waals surface area contributed by atoms with Crippen LogP contribution in [0.5, 0.6) is 0 Å². The molecule has 2 aromatic rings. The minimum atomic E-state index is -0.373. The topological polar surface area (TPSA) is 51.2 Å². The Labute approximate surface area is 122 Å². The lowest BCUT2D eigenvalue weighted by molar-refractivity contribution is 0.0601. The molecule has 5 heteroatoms. The van der Waals surface area contributed by atoms with Crippen molar-refractivity contribution in [1.29, 1.82) is 0 Å². The second-order valence-electron chi connectivity index (χ2n) is 4.39. The number of esters is 1. The third-order valence-electron chi connectivity index (χ3n) is 2.99. The van der Waals surface area contributed by atoms with E-state index in [0.717, 1.165) is 12.8 Å². The minimum Gasteiger partial charge on any atom is -0.465 e. The first-order valence-corrected chi connectivity index (χ1v) is 7.47. The van der Waals surface area contributed by atoms with Crippen molar-refractivity contribution < 1.29 is 9.53 Å². The van der Waals surface area contributed by atoms with Crippen molar-refractivity contribution >= 4 is 23.1 Å². The fourth-order valence-electron chi connectivity index (χ4n) is 2.02. The highest BCUT2D eigenvalue weighted by molar-refractivity contribution is 7.10. The molecule has 1 N–H and O–H groups in total. The van der Waals surface area contributed by atoms with Gasteiger partial charge in [0.2, 0.25) is 0 Å². The van der Waals surface area contributed by atoms with Crippen LogP contribution < -0.4 is 5.32 Å². The van der Waals surface area contributed by atoms with Crippen LogP contribution in [-0.2, 0) is 4.74 Å². The summed E-state index contributed by atoms with van der Waals surface area (Å²) in [6.45, 7) is 2.14. The van der Waals surface area contributed by atoms with Gasteiger partial charge in [-0.15, -0.1) is 11.3 Å². The molecule has 0 saturated carbocycles. The highest BCUT2D eigenvalue weighted by atomic mass is 32.1. The Hall–Kier alpha value is -1.88. The van der Waals surface area contributed by atoms with E-state index in [4.69, 9.17) is 4.74 Å². The van der Waals surface area contributed by atoms with E-state index in [9.17, 15) is 4.79 Å². The van der Waals surface area contributed by atoms with E-state index < -0.39 is 0 Å². The Morgan fingerprint density at radius 2 is 2.30 bits per heavy atom. The molecule has 20 heavy (non-hydrogen) atoms. The summed E-state index contributed by atoms with van der Waals surface area (Å²) in [5.74, 6) is 0.202. The molecule has 0 aliphatic rings.